The molecule has 60 valence electrons. The summed E-state index contributed by atoms with van der Waals surface area (Å²) in [5.41, 5.74) is 0. The van der Waals surface area contributed by atoms with Gasteiger partial charge in [-0.1, -0.05) is 13.3 Å². The summed E-state index contributed by atoms with van der Waals surface area (Å²) in [6.07, 6.45) is 2.04. The van der Waals surface area contributed by atoms with Crippen molar-refractivity contribution in [3.63, 3.8) is 0 Å². The highest BCUT2D eigenvalue weighted by Crippen LogP contribution is 2.25. The fourth-order valence-electron chi connectivity index (χ4n) is 1.63. The van der Waals surface area contributed by atoms with E-state index in [-0.39, 0.29) is 12.2 Å². The van der Waals surface area contributed by atoms with Crippen LogP contribution in [-0.2, 0) is 4.74 Å². The Morgan fingerprint density at radius 2 is 2.40 bits per heavy atom. The molecule has 1 aliphatic heterocycles. The molecule has 1 saturated heterocycles. The van der Waals surface area contributed by atoms with Crippen molar-refractivity contribution in [3.8, 4) is 0 Å². The molecular weight excluding hydrogens is 128 g/mol. The number of hydrogen-bond donors (Lipinski definition) is 1. The van der Waals surface area contributed by atoms with Gasteiger partial charge in [-0.25, -0.2) is 0 Å². The maximum Gasteiger partial charge on any atom is 0.0859 e. The van der Waals surface area contributed by atoms with Crippen LogP contribution in [0.25, 0.3) is 0 Å². The topological polar surface area (TPSA) is 29.5 Å². The van der Waals surface area contributed by atoms with Gasteiger partial charge in [0.15, 0.2) is 0 Å². The van der Waals surface area contributed by atoms with Gasteiger partial charge in [-0.2, -0.15) is 0 Å². The van der Waals surface area contributed by atoms with Gasteiger partial charge in [0.1, 0.15) is 0 Å². The van der Waals surface area contributed by atoms with Crippen LogP contribution in [-0.4, -0.2) is 23.9 Å². The van der Waals surface area contributed by atoms with Crippen molar-refractivity contribution >= 4 is 0 Å². The summed E-state index contributed by atoms with van der Waals surface area (Å²) in [5, 5.41) is 9.23. The monoisotopic (exact) mass is 144 g/mol. The normalized spacial score (nSPS) is 36.3. The van der Waals surface area contributed by atoms with Gasteiger partial charge in [0.2, 0.25) is 0 Å². The Morgan fingerprint density at radius 1 is 1.70 bits per heavy atom. The maximum atomic E-state index is 9.23. The van der Waals surface area contributed by atoms with E-state index in [2.05, 4.69) is 6.92 Å². The Bertz CT molecular complexity index is 101. The average molecular weight is 144 g/mol. The van der Waals surface area contributed by atoms with E-state index < -0.39 is 0 Å². The zero-order chi connectivity index (χ0) is 7.56. The molecule has 0 bridgehead atoms. The van der Waals surface area contributed by atoms with Crippen molar-refractivity contribution in [1.82, 2.24) is 0 Å². The zero-order valence-corrected chi connectivity index (χ0v) is 6.71. The first-order valence-corrected chi connectivity index (χ1v) is 4.05. The molecule has 0 aromatic heterocycles. The predicted molar refractivity (Wildman–Crippen MR) is 39.8 cm³/mol. The molecule has 0 unspecified atom stereocenters. The third kappa shape index (κ3) is 1.50. The Labute approximate surface area is 62.2 Å². The van der Waals surface area contributed by atoms with Gasteiger partial charge in [-0.15, -0.1) is 0 Å². The third-order valence-electron chi connectivity index (χ3n) is 2.26. The highest BCUT2D eigenvalue weighted by atomic mass is 16.5. The lowest BCUT2D eigenvalue weighted by atomic mass is 9.96. The summed E-state index contributed by atoms with van der Waals surface area (Å²) in [5.74, 6) is 0.583. The van der Waals surface area contributed by atoms with Crippen molar-refractivity contribution in [2.45, 2.75) is 38.9 Å². The van der Waals surface area contributed by atoms with Gasteiger partial charge in [-0.3, -0.25) is 0 Å². The number of ether oxygens (including phenoxy) is 1. The zero-order valence-electron chi connectivity index (χ0n) is 6.71. The van der Waals surface area contributed by atoms with Gasteiger partial charge >= 0.3 is 0 Å². The van der Waals surface area contributed by atoms with Crippen molar-refractivity contribution < 1.29 is 9.84 Å². The van der Waals surface area contributed by atoms with E-state index >= 15 is 0 Å². The molecule has 3 atom stereocenters. The second-order valence-electron chi connectivity index (χ2n) is 3.03. The van der Waals surface area contributed by atoms with Crippen LogP contribution in [0.2, 0.25) is 0 Å². The van der Waals surface area contributed by atoms with E-state index in [0.29, 0.717) is 5.92 Å². The molecule has 1 aliphatic rings. The maximum absolute atomic E-state index is 9.23. The van der Waals surface area contributed by atoms with E-state index in [4.69, 9.17) is 4.74 Å². The molecule has 1 heterocycles. The quantitative estimate of drug-likeness (QED) is 0.630. The highest BCUT2D eigenvalue weighted by molar-refractivity contribution is 4.78. The summed E-state index contributed by atoms with van der Waals surface area (Å²) >= 11 is 0. The van der Waals surface area contributed by atoms with E-state index in [0.717, 1.165) is 19.4 Å². The van der Waals surface area contributed by atoms with Crippen molar-refractivity contribution in [1.29, 1.82) is 0 Å². The lowest BCUT2D eigenvalue weighted by Crippen LogP contribution is -2.28. The van der Waals surface area contributed by atoms with Gasteiger partial charge in [0.05, 0.1) is 12.2 Å². The average Bonchev–Trinajstić information content (AvgIpc) is 2.33. The Morgan fingerprint density at radius 3 is 2.80 bits per heavy atom. The fourth-order valence-corrected chi connectivity index (χ4v) is 1.63. The summed E-state index contributed by atoms with van der Waals surface area (Å²) in [6.45, 7) is 4.78. The van der Waals surface area contributed by atoms with E-state index in [1.54, 1.807) is 6.92 Å². The van der Waals surface area contributed by atoms with E-state index in [1.165, 1.54) is 0 Å². The van der Waals surface area contributed by atoms with E-state index in [9.17, 15) is 5.11 Å². The second kappa shape index (κ2) is 3.35. The molecule has 0 saturated carbocycles. The summed E-state index contributed by atoms with van der Waals surface area (Å²) in [6, 6.07) is 0. The first-order valence-electron chi connectivity index (χ1n) is 4.05. The molecule has 0 radical (unpaired) electrons. The number of rotatable bonds is 2. The summed E-state index contributed by atoms with van der Waals surface area (Å²) < 4.78 is 5.37. The minimum absolute atomic E-state index is 0.102. The van der Waals surface area contributed by atoms with Crippen LogP contribution in [0.3, 0.4) is 0 Å². The first-order chi connectivity index (χ1) is 4.75. The van der Waals surface area contributed by atoms with Gasteiger partial charge in [0, 0.05) is 6.61 Å². The standard InChI is InChI=1S/C8H16O2/c1-3-7-4-5-10-8(7)6(2)9/h6-9H,3-5H2,1-2H3/t6-,7+,8-/m1/s1. The molecule has 10 heavy (non-hydrogen) atoms. The molecule has 0 aromatic carbocycles. The van der Waals surface area contributed by atoms with Crippen LogP contribution in [0.4, 0.5) is 0 Å². The molecule has 0 aromatic rings. The SMILES string of the molecule is CC[C@H]1CCO[C@@H]1[C@@H](C)O. The second-order valence-corrected chi connectivity index (χ2v) is 3.03. The molecule has 0 spiro atoms. The van der Waals surface area contributed by atoms with Crippen molar-refractivity contribution in [3.05, 3.63) is 0 Å². The molecule has 0 amide bonds. The van der Waals surface area contributed by atoms with Crippen molar-refractivity contribution in [2.24, 2.45) is 5.92 Å². The summed E-state index contributed by atoms with van der Waals surface area (Å²) in [7, 11) is 0. The van der Waals surface area contributed by atoms with Gasteiger partial charge < -0.3 is 9.84 Å². The molecule has 2 heteroatoms. The first kappa shape index (κ1) is 8.02. The van der Waals surface area contributed by atoms with E-state index in [1.807, 2.05) is 0 Å². The Kier molecular flexibility index (Phi) is 2.69. The van der Waals surface area contributed by atoms with Crippen LogP contribution in [0.15, 0.2) is 0 Å². The van der Waals surface area contributed by atoms with Crippen molar-refractivity contribution in [2.75, 3.05) is 6.61 Å². The molecule has 0 aliphatic carbocycles. The minimum Gasteiger partial charge on any atom is -0.391 e. The van der Waals surface area contributed by atoms with Crippen LogP contribution in [0, 0.1) is 5.92 Å². The molecule has 1 rings (SSSR count). The third-order valence-corrected chi connectivity index (χ3v) is 2.26. The lowest BCUT2D eigenvalue weighted by Gasteiger charge is -2.19. The minimum atomic E-state index is -0.299. The van der Waals surface area contributed by atoms with Crippen LogP contribution < -0.4 is 0 Å². The lowest BCUT2D eigenvalue weighted by molar-refractivity contribution is -0.0102. The number of aliphatic hydroxyl groups excluding tert-OH is 1. The van der Waals surface area contributed by atoms with Crippen LogP contribution in [0.5, 0.6) is 0 Å². The summed E-state index contributed by atoms with van der Waals surface area (Å²) in [4.78, 5) is 0. The van der Waals surface area contributed by atoms with Gasteiger partial charge in [0.25, 0.3) is 0 Å². The predicted octanol–water partition coefficient (Wildman–Crippen LogP) is 1.18. The Balaban J connectivity index is 2.42. The molecule has 2 nitrogen and oxygen atoms in total. The van der Waals surface area contributed by atoms with Crippen LogP contribution in [0.1, 0.15) is 26.7 Å². The molecule has 1 fully saturated rings. The van der Waals surface area contributed by atoms with Gasteiger partial charge in [-0.05, 0) is 19.3 Å². The highest BCUT2D eigenvalue weighted by Gasteiger charge is 2.29. The smallest absolute Gasteiger partial charge is 0.0859 e. The number of hydrogen-bond acceptors (Lipinski definition) is 2. The molecule has 1 N–H and O–H groups in total. The van der Waals surface area contributed by atoms with Crippen LogP contribution >= 0.6 is 0 Å². The fraction of sp³-hybridized carbons (Fsp3) is 1.00. The number of aliphatic hydroxyl groups is 1. The Hall–Kier alpha value is -0.0800. The molecular formula is C8H16O2. The largest absolute Gasteiger partial charge is 0.391 e.